The van der Waals surface area contributed by atoms with Gasteiger partial charge in [-0.1, -0.05) is 12.1 Å². The van der Waals surface area contributed by atoms with Crippen molar-refractivity contribution in [3.05, 3.63) is 59.9 Å². The minimum Gasteiger partial charge on any atom is -0.497 e. The van der Waals surface area contributed by atoms with Gasteiger partial charge in [-0.3, -0.25) is 9.59 Å². The molecule has 0 aliphatic carbocycles. The lowest BCUT2D eigenvalue weighted by atomic mass is 10.1. The number of fused-ring (bicyclic) bond motifs is 1. The molecule has 1 aromatic heterocycles. The van der Waals surface area contributed by atoms with Crippen LogP contribution >= 0.6 is 0 Å². The number of carbonyl (C=O) groups excluding carboxylic acids is 3. The van der Waals surface area contributed by atoms with E-state index in [1.165, 1.54) is 19.4 Å². The number of para-hydroxylation sites is 1. The summed E-state index contributed by atoms with van der Waals surface area (Å²) in [6, 6.07) is 11.6. The van der Waals surface area contributed by atoms with E-state index in [0.717, 1.165) is 5.39 Å². The SMILES string of the molecule is COC(=O)c1ccccc1NC(=O)COC(=O)Cc1coc2cc(OC)ccc12. The summed E-state index contributed by atoms with van der Waals surface area (Å²) in [5, 5.41) is 3.30. The van der Waals surface area contributed by atoms with E-state index in [1.54, 1.807) is 43.5 Å². The molecule has 0 atom stereocenters. The van der Waals surface area contributed by atoms with Crippen LogP contribution in [-0.2, 0) is 25.5 Å². The van der Waals surface area contributed by atoms with Crippen molar-refractivity contribution >= 4 is 34.5 Å². The van der Waals surface area contributed by atoms with Gasteiger partial charge in [-0.15, -0.1) is 0 Å². The van der Waals surface area contributed by atoms with Gasteiger partial charge in [0.1, 0.15) is 11.3 Å². The maximum absolute atomic E-state index is 12.1. The number of carbonyl (C=O) groups is 3. The van der Waals surface area contributed by atoms with Crippen molar-refractivity contribution in [1.29, 1.82) is 0 Å². The lowest BCUT2D eigenvalue weighted by Gasteiger charge is -2.10. The zero-order valence-corrected chi connectivity index (χ0v) is 15.9. The highest BCUT2D eigenvalue weighted by Gasteiger charge is 2.16. The number of esters is 2. The van der Waals surface area contributed by atoms with E-state index in [0.29, 0.717) is 16.9 Å². The molecular formula is C21H19NO7. The molecule has 1 N–H and O–H groups in total. The molecule has 0 unspecified atom stereocenters. The van der Waals surface area contributed by atoms with Gasteiger partial charge in [0.2, 0.25) is 0 Å². The summed E-state index contributed by atoms with van der Waals surface area (Å²) in [5.41, 5.74) is 1.71. The third-order valence-corrected chi connectivity index (χ3v) is 4.17. The van der Waals surface area contributed by atoms with E-state index in [2.05, 4.69) is 10.1 Å². The third-order valence-electron chi connectivity index (χ3n) is 4.17. The number of furan rings is 1. The molecule has 1 amide bonds. The molecule has 0 saturated heterocycles. The Kier molecular flexibility index (Phi) is 6.13. The Morgan fingerprint density at radius 3 is 2.62 bits per heavy atom. The van der Waals surface area contributed by atoms with Crippen molar-refractivity contribution in [2.45, 2.75) is 6.42 Å². The molecule has 0 saturated carbocycles. The van der Waals surface area contributed by atoms with E-state index in [-0.39, 0.29) is 17.7 Å². The fourth-order valence-corrected chi connectivity index (χ4v) is 2.75. The van der Waals surface area contributed by atoms with Gasteiger partial charge in [-0.25, -0.2) is 4.79 Å². The molecule has 8 heteroatoms. The molecule has 1 heterocycles. The number of anilines is 1. The smallest absolute Gasteiger partial charge is 0.339 e. The number of amides is 1. The van der Waals surface area contributed by atoms with Crippen molar-refractivity contribution in [3.8, 4) is 5.75 Å². The summed E-state index contributed by atoms with van der Waals surface area (Å²) < 4.78 is 20.3. The van der Waals surface area contributed by atoms with Crippen molar-refractivity contribution in [2.24, 2.45) is 0 Å². The lowest BCUT2D eigenvalue weighted by molar-refractivity contribution is -0.146. The summed E-state index contributed by atoms with van der Waals surface area (Å²) in [7, 11) is 2.80. The Bertz CT molecular complexity index is 1050. The van der Waals surface area contributed by atoms with Gasteiger partial charge in [0.05, 0.1) is 38.2 Å². The lowest BCUT2D eigenvalue weighted by Crippen LogP contribution is -2.22. The molecule has 29 heavy (non-hydrogen) atoms. The standard InChI is InChI=1S/C21H19NO7/c1-26-14-7-8-15-13(11-28-18(15)10-14)9-20(24)29-12-19(23)22-17-6-4-3-5-16(17)21(25)27-2/h3-8,10-11H,9,12H2,1-2H3,(H,22,23). The Morgan fingerprint density at radius 2 is 1.86 bits per heavy atom. The minimum atomic E-state index is -0.583. The Balaban J connectivity index is 1.57. The van der Waals surface area contributed by atoms with Gasteiger partial charge < -0.3 is 23.9 Å². The molecule has 3 aromatic rings. The Labute approximate surface area is 166 Å². The van der Waals surface area contributed by atoms with Crippen molar-refractivity contribution in [3.63, 3.8) is 0 Å². The second-order valence-corrected chi connectivity index (χ2v) is 6.05. The van der Waals surface area contributed by atoms with Crippen LogP contribution in [0.3, 0.4) is 0 Å². The topological polar surface area (TPSA) is 104 Å². The predicted octanol–water partition coefficient (Wildman–Crippen LogP) is 2.95. The van der Waals surface area contributed by atoms with E-state index >= 15 is 0 Å². The second kappa shape index (κ2) is 8.92. The van der Waals surface area contributed by atoms with Gasteiger partial charge in [-0.05, 0) is 24.3 Å². The highest BCUT2D eigenvalue weighted by molar-refractivity contribution is 6.01. The number of hydrogen-bond acceptors (Lipinski definition) is 7. The fraction of sp³-hybridized carbons (Fsp3) is 0.190. The van der Waals surface area contributed by atoms with Crippen LogP contribution in [0.4, 0.5) is 5.69 Å². The fourth-order valence-electron chi connectivity index (χ4n) is 2.75. The number of methoxy groups -OCH3 is 2. The first-order valence-electron chi connectivity index (χ1n) is 8.68. The Hall–Kier alpha value is -3.81. The molecule has 0 bridgehead atoms. The summed E-state index contributed by atoms with van der Waals surface area (Å²) in [5.74, 6) is -1.09. The zero-order valence-electron chi connectivity index (χ0n) is 15.9. The van der Waals surface area contributed by atoms with Gasteiger partial charge in [0, 0.05) is 17.0 Å². The first-order chi connectivity index (χ1) is 14.0. The third kappa shape index (κ3) is 4.73. The quantitative estimate of drug-likeness (QED) is 0.611. The van der Waals surface area contributed by atoms with E-state index in [9.17, 15) is 14.4 Å². The van der Waals surface area contributed by atoms with Gasteiger partial charge in [0.25, 0.3) is 5.91 Å². The molecular weight excluding hydrogens is 378 g/mol. The minimum absolute atomic E-state index is 0.0502. The number of rotatable bonds is 7. The predicted molar refractivity (Wildman–Crippen MR) is 104 cm³/mol. The summed E-state index contributed by atoms with van der Waals surface area (Å²) in [6.45, 7) is -0.488. The highest BCUT2D eigenvalue weighted by Crippen LogP contribution is 2.26. The number of hydrogen-bond donors (Lipinski definition) is 1. The summed E-state index contributed by atoms with van der Waals surface area (Å²) in [4.78, 5) is 35.9. The van der Waals surface area contributed by atoms with Crippen LogP contribution < -0.4 is 10.1 Å². The number of benzene rings is 2. The van der Waals surface area contributed by atoms with Crippen LogP contribution in [-0.4, -0.2) is 38.7 Å². The molecule has 3 rings (SSSR count). The molecule has 8 nitrogen and oxygen atoms in total. The van der Waals surface area contributed by atoms with Crippen LogP contribution in [0.2, 0.25) is 0 Å². The molecule has 0 fully saturated rings. The van der Waals surface area contributed by atoms with Gasteiger partial charge in [-0.2, -0.15) is 0 Å². The Morgan fingerprint density at radius 1 is 1.07 bits per heavy atom. The van der Waals surface area contributed by atoms with Crippen LogP contribution in [0.25, 0.3) is 11.0 Å². The van der Waals surface area contributed by atoms with Gasteiger partial charge in [0.15, 0.2) is 6.61 Å². The number of ether oxygens (including phenoxy) is 3. The van der Waals surface area contributed by atoms with Crippen LogP contribution in [0.5, 0.6) is 5.75 Å². The molecule has 0 radical (unpaired) electrons. The molecule has 150 valence electrons. The molecule has 0 aliphatic rings. The largest absolute Gasteiger partial charge is 0.497 e. The first kappa shape index (κ1) is 19.9. The normalized spacial score (nSPS) is 10.4. The van der Waals surface area contributed by atoms with Crippen molar-refractivity contribution in [2.75, 3.05) is 26.1 Å². The van der Waals surface area contributed by atoms with E-state index in [4.69, 9.17) is 13.9 Å². The average Bonchev–Trinajstić information content (AvgIpc) is 3.13. The summed E-state index contributed by atoms with van der Waals surface area (Å²) in [6.07, 6.45) is 1.42. The second-order valence-electron chi connectivity index (χ2n) is 6.05. The van der Waals surface area contributed by atoms with E-state index in [1.807, 2.05) is 0 Å². The monoisotopic (exact) mass is 397 g/mol. The number of nitrogens with one attached hydrogen (secondary N) is 1. The van der Waals surface area contributed by atoms with Crippen LogP contribution in [0, 0.1) is 0 Å². The summed E-state index contributed by atoms with van der Waals surface area (Å²) >= 11 is 0. The maximum atomic E-state index is 12.1. The average molecular weight is 397 g/mol. The van der Waals surface area contributed by atoms with E-state index < -0.39 is 24.5 Å². The maximum Gasteiger partial charge on any atom is 0.339 e. The highest BCUT2D eigenvalue weighted by atomic mass is 16.5. The molecule has 0 aliphatic heterocycles. The van der Waals surface area contributed by atoms with Crippen molar-refractivity contribution < 1.29 is 33.0 Å². The van der Waals surface area contributed by atoms with Crippen LogP contribution in [0.1, 0.15) is 15.9 Å². The molecule has 2 aromatic carbocycles. The zero-order chi connectivity index (χ0) is 20.8. The first-order valence-corrected chi connectivity index (χ1v) is 8.68. The van der Waals surface area contributed by atoms with Gasteiger partial charge >= 0.3 is 11.9 Å². The van der Waals surface area contributed by atoms with Crippen molar-refractivity contribution in [1.82, 2.24) is 0 Å². The van der Waals surface area contributed by atoms with Crippen LogP contribution in [0.15, 0.2) is 53.1 Å². The molecule has 0 spiro atoms.